The Morgan fingerprint density at radius 1 is 0.830 bits per heavy atom. The maximum atomic E-state index is 17.3. The number of amides is 4. The molecule has 0 saturated carbocycles. The normalized spacial score (nSPS) is 19.3. The molecule has 0 aliphatic carbocycles. The number of β-amino-alcohol motifs (C(OH)–C–C–N with tert-alkyl or cyclic N) is 1. The lowest BCUT2D eigenvalue weighted by Gasteiger charge is -2.37. The third-order valence-electron chi connectivity index (χ3n) is 17.0. The summed E-state index contributed by atoms with van der Waals surface area (Å²) in [4.78, 5) is 81.7. The topological polar surface area (TPSA) is 219 Å². The molecule has 6 aromatic rings. The van der Waals surface area contributed by atoms with Gasteiger partial charge in [0.2, 0.25) is 17.7 Å². The number of nitrogens with zero attached hydrogens (tertiary/aromatic N) is 9. The molecule has 0 bridgehead atoms. The number of likely N-dealkylation sites (tertiary alicyclic amines) is 2. The Labute approximate surface area is 523 Å². The molecule has 88 heavy (non-hydrogen) atoms. The van der Waals surface area contributed by atoms with E-state index in [-0.39, 0.29) is 71.3 Å². The molecule has 4 atom stereocenters. The van der Waals surface area contributed by atoms with Crippen molar-refractivity contribution in [3.63, 3.8) is 0 Å². The van der Waals surface area contributed by atoms with Gasteiger partial charge in [0, 0.05) is 102 Å². The molecule has 4 N–H and O–H groups in total. The van der Waals surface area contributed by atoms with Crippen molar-refractivity contribution in [3.05, 3.63) is 94.3 Å². The van der Waals surface area contributed by atoms with Crippen LogP contribution >= 0.6 is 22.9 Å². The van der Waals surface area contributed by atoms with E-state index in [4.69, 9.17) is 35.8 Å². The zero-order chi connectivity index (χ0) is 62.6. The molecule has 2 unspecified atom stereocenters. The molecule has 6 heterocycles. The van der Waals surface area contributed by atoms with E-state index in [1.807, 2.05) is 114 Å². The van der Waals surface area contributed by atoms with Crippen LogP contribution in [0.3, 0.4) is 0 Å². The fourth-order valence-electron chi connectivity index (χ4n) is 12.1. The maximum Gasteiger partial charge on any atom is 0.410 e. The van der Waals surface area contributed by atoms with Gasteiger partial charge in [-0.15, -0.1) is 11.3 Å². The van der Waals surface area contributed by atoms with Crippen LogP contribution in [-0.2, 0) is 23.9 Å². The van der Waals surface area contributed by atoms with E-state index in [9.17, 15) is 29.4 Å². The van der Waals surface area contributed by atoms with Crippen molar-refractivity contribution in [1.82, 2.24) is 50.1 Å². The van der Waals surface area contributed by atoms with E-state index < -0.39 is 47.0 Å². The Morgan fingerprint density at radius 3 is 2.16 bits per heavy atom. The minimum Gasteiger partial charge on any atom is -0.508 e. The van der Waals surface area contributed by atoms with E-state index in [1.54, 1.807) is 28.4 Å². The SMILES string of the molecule is Cc1ncsc1-c1ccc(C(C)NC(=O)[C@@H]2C[C@@H](O)CN2C(=O)C(NC(=O)CN2CCN(CCOCCN3CCC(Oc4nc(N5CCN(C(=O)OC(C)(C)C)CC5)c5cc(Cl)c(-c6cc(O)cc7ccccc67)c(F)c5n4)CC3)CC2)C(C)(C)C)cc1. The van der Waals surface area contributed by atoms with Crippen molar-refractivity contribution >= 4 is 74.2 Å². The summed E-state index contributed by atoms with van der Waals surface area (Å²) in [6.45, 7) is 23.6. The number of ether oxygens (including phenoxy) is 3. The smallest absolute Gasteiger partial charge is 0.410 e. The lowest BCUT2D eigenvalue weighted by molar-refractivity contribution is -0.144. The largest absolute Gasteiger partial charge is 0.508 e. The Hall–Kier alpha value is -6.79. The summed E-state index contributed by atoms with van der Waals surface area (Å²) in [5.41, 5.74) is 3.99. The number of phenols is 1. The summed E-state index contributed by atoms with van der Waals surface area (Å²) in [5, 5.41) is 29.6. The molecule has 0 spiro atoms. The number of aliphatic hydroxyl groups excluding tert-OH is 1. The highest BCUT2D eigenvalue weighted by Crippen LogP contribution is 2.43. The highest BCUT2D eigenvalue weighted by Gasteiger charge is 2.45. The summed E-state index contributed by atoms with van der Waals surface area (Å²) in [7, 11) is 0. The van der Waals surface area contributed by atoms with Gasteiger partial charge in [0.1, 0.15) is 40.9 Å². The number of carbonyl (C=O) groups excluding carboxylic acids is 4. The lowest BCUT2D eigenvalue weighted by atomic mass is 9.85. The molecule has 4 aliphatic rings. The summed E-state index contributed by atoms with van der Waals surface area (Å²) in [5.74, 6) is -1.27. The number of anilines is 1. The standard InChI is InChI=1S/C65H83ClFN11O9S/c1-40(42-13-15-43(16-14-42)57-41(2)68-39-88-57)69-60(82)52-35-46(80)37-78(52)61(83)58(64(3,4)5)70-53(81)38-75-23-21-74(22-24-75)30-32-85-31-29-73-19-17-47(18-20-73)86-62-71-56-50(59(72-62)76-25-27-77(28-26-76)63(84)87-65(6,7)8)36-51(66)54(55(56)67)49-34-45(79)33-44-11-9-10-12-48(44)49/h9-16,33-34,36,39-40,46-47,52,58,79-80H,17-32,35,37-38H2,1-8H3,(H,69,82)(H,70,81)/t40?,46-,52+,58?/m1/s1. The number of hydrogen-bond donors (Lipinski definition) is 4. The second-order valence-corrected chi connectivity index (χ2v) is 27.0. The van der Waals surface area contributed by atoms with Gasteiger partial charge in [0.25, 0.3) is 0 Å². The Morgan fingerprint density at radius 2 is 1.50 bits per heavy atom. The van der Waals surface area contributed by atoms with Gasteiger partial charge >= 0.3 is 12.1 Å². The van der Waals surface area contributed by atoms with E-state index in [0.29, 0.717) is 87.5 Å². The zero-order valence-electron chi connectivity index (χ0n) is 51.7. The van der Waals surface area contributed by atoms with Crippen molar-refractivity contribution in [3.8, 4) is 33.3 Å². The quantitative estimate of drug-likeness (QED) is 0.0595. The summed E-state index contributed by atoms with van der Waals surface area (Å²) >= 11 is 8.56. The number of piperidine rings is 1. The van der Waals surface area contributed by atoms with Gasteiger partial charge in [-0.25, -0.2) is 14.2 Å². The number of piperazine rings is 2. The highest BCUT2D eigenvalue weighted by atomic mass is 35.5. The molecule has 4 saturated heterocycles. The number of nitrogens with one attached hydrogen (secondary N) is 2. The minimum absolute atomic E-state index is 0.00360. The second-order valence-electron chi connectivity index (χ2n) is 25.7. The second kappa shape index (κ2) is 27.5. The van der Waals surface area contributed by atoms with E-state index in [2.05, 4.69) is 30.3 Å². The number of aromatic nitrogens is 3. The molecule has 4 aromatic carbocycles. The molecule has 4 amide bonds. The maximum absolute atomic E-state index is 17.3. The van der Waals surface area contributed by atoms with Gasteiger partial charge in [-0.1, -0.05) is 80.9 Å². The van der Waals surface area contributed by atoms with Crippen LogP contribution in [0.1, 0.15) is 85.0 Å². The predicted molar refractivity (Wildman–Crippen MR) is 339 cm³/mol. The molecule has 4 fully saturated rings. The number of carbonyl (C=O) groups is 4. The zero-order valence-corrected chi connectivity index (χ0v) is 53.3. The van der Waals surface area contributed by atoms with Crippen LogP contribution < -0.4 is 20.3 Å². The molecule has 2 aromatic heterocycles. The number of benzene rings is 4. The first-order chi connectivity index (χ1) is 42.0. The van der Waals surface area contributed by atoms with Crippen molar-refractivity contribution in [2.45, 2.75) is 111 Å². The predicted octanol–water partition coefficient (Wildman–Crippen LogP) is 8.28. The average Bonchev–Trinajstić information content (AvgIpc) is 1.36. The van der Waals surface area contributed by atoms with Crippen LogP contribution in [0.25, 0.3) is 43.2 Å². The Kier molecular flexibility index (Phi) is 20.1. The molecule has 10 rings (SSSR count). The molecule has 0 radical (unpaired) electrons. The van der Waals surface area contributed by atoms with Crippen LogP contribution in [0.4, 0.5) is 15.0 Å². The van der Waals surface area contributed by atoms with E-state index >= 15 is 4.39 Å². The summed E-state index contributed by atoms with van der Waals surface area (Å²) in [6, 6.07) is 18.1. The molecule has 20 nitrogen and oxygen atoms in total. The number of halogens is 2. The summed E-state index contributed by atoms with van der Waals surface area (Å²) < 4.78 is 35.6. The van der Waals surface area contributed by atoms with Crippen LogP contribution in [0, 0.1) is 18.2 Å². The Balaban J connectivity index is 0.674. The van der Waals surface area contributed by atoms with Crippen molar-refractivity contribution in [1.29, 1.82) is 0 Å². The molecule has 4 aliphatic heterocycles. The molecule has 23 heteroatoms. The molecular weight excluding hydrogens is 1170 g/mol. The van der Waals surface area contributed by atoms with Crippen LogP contribution in [0.15, 0.2) is 72.2 Å². The van der Waals surface area contributed by atoms with Gasteiger partial charge in [0.05, 0.1) is 53.0 Å². The Bertz CT molecular complexity index is 3470. The van der Waals surface area contributed by atoms with Gasteiger partial charge in [0.15, 0.2) is 5.82 Å². The minimum atomic E-state index is -0.922. The fourth-order valence-corrected chi connectivity index (χ4v) is 13.2. The van der Waals surface area contributed by atoms with E-state index in [0.717, 1.165) is 66.4 Å². The van der Waals surface area contributed by atoms with Crippen molar-refractivity contribution in [2.75, 3.05) is 110 Å². The molecule has 472 valence electrons. The number of thiazole rings is 1. The monoisotopic (exact) mass is 1250 g/mol. The average molecular weight is 1250 g/mol. The van der Waals surface area contributed by atoms with Gasteiger partial charge in [-0.3, -0.25) is 24.2 Å². The number of aryl methyl sites for hydroxylation is 1. The number of fused-ring (bicyclic) bond motifs is 2. The van der Waals surface area contributed by atoms with Gasteiger partial charge in [-0.05, 0) is 98.5 Å². The number of hydrogen-bond acceptors (Lipinski definition) is 17. The number of aliphatic hydroxyl groups is 1. The number of aromatic hydroxyl groups is 1. The van der Waals surface area contributed by atoms with Crippen molar-refractivity contribution < 1.29 is 48.0 Å². The lowest BCUT2D eigenvalue weighted by Crippen LogP contribution is -2.59. The highest BCUT2D eigenvalue weighted by molar-refractivity contribution is 7.13. The van der Waals surface area contributed by atoms with Crippen LogP contribution in [-0.4, -0.2) is 208 Å². The van der Waals surface area contributed by atoms with Crippen molar-refractivity contribution in [2.24, 2.45) is 5.41 Å². The fraction of sp³-hybridized carbons (Fsp3) is 0.523. The van der Waals surface area contributed by atoms with E-state index in [1.165, 1.54) is 11.0 Å². The van der Waals surface area contributed by atoms with Crippen LogP contribution in [0.2, 0.25) is 5.02 Å². The first-order valence-electron chi connectivity index (χ1n) is 30.6. The third-order valence-corrected chi connectivity index (χ3v) is 18.3. The molecular formula is C65H83ClFN11O9S. The third kappa shape index (κ3) is 15.4. The first-order valence-corrected chi connectivity index (χ1v) is 31.9. The number of phenolic OH excluding ortho intramolecular Hbond substituents is 1. The van der Waals surface area contributed by atoms with Crippen LogP contribution in [0.5, 0.6) is 11.8 Å². The number of rotatable bonds is 18. The van der Waals surface area contributed by atoms with Gasteiger partial charge < -0.3 is 54.7 Å². The summed E-state index contributed by atoms with van der Waals surface area (Å²) in [6.07, 6.45) is -0.0180. The van der Waals surface area contributed by atoms with Gasteiger partial charge in [-0.2, -0.15) is 9.97 Å². The first kappa shape index (κ1) is 64.2.